The lowest BCUT2D eigenvalue weighted by molar-refractivity contribution is 0.117. The minimum atomic E-state index is -0.208. The van der Waals surface area contributed by atoms with Crippen molar-refractivity contribution in [3.63, 3.8) is 0 Å². The van der Waals surface area contributed by atoms with Gasteiger partial charge in [-0.25, -0.2) is 4.39 Å². The minimum absolute atomic E-state index is 0.0848. The minimum Gasteiger partial charge on any atom is -0.386 e. The van der Waals surface area contributed by atoms with Crippen LogP contribution in [0.15, 0.2) is 54.7 Å². The maximum Gasteiger partial charge on any atom is 0.133 e. The van der Waals surface area contributed by atoms with Crippen LogP contribution in [0.3, 0.4) is 0 Å². The van der Waals surface area contributed by atoms with Gasteiger partial charge in [-0.2, -0.15) is 0 Å². The molecule has 3 rings (SSSR count). The van der Waals surface area contributed by atoms with E-state index >= 15 is 0 Å². The first-order valence-corrected chi connectivity index (χ1v) is 8.15. The molecule has 0 saturated carbocycles. The van der Waals surface area contributed by atoms with Gasteiger partial charge in [0, 0.05) is 30.0 Å². The Balaban J connectivity index is 1.71. The molecule has 0 spiro atoms. The van der Waals surface area contributed by atoms with Crippen molar-refractivity contribution in [1.82, 2.24) is 5.32 Å². The van der Waals surface area contributed by atoms with Gasteiger partial charge in [-0.1, -0.05) is 36.4 Å². The van der Waals surface area contributed by atoms with Gasteiger partial charge in [0.25, 0.3) is 0 Å². The lowest BCUT2D eigenvalue weighted by Crippen LogP contribution is -2.29. The molecule has 126 valence electrons. The SMILES string of the molecule is C=C(C)NCC1CN(c2ccc(-c3ccc(C)cc3)c(F)c2)CO1. The van der Waals surface area contributed by atoms with Crippen LogP contribution in [-0.4, -0.2) is 25.9 Å². The Kier molecular flexibility index (Phi) is 4.86. The molecular weight excluding hydrogens is 303 g/mol. The molecule has 1 fully saturated rings. The Labute approximate surface area is 142 Å². The van der Waals surface area contributed by atoms with Crippen LogP contribution in [0.25, 0.3) is 11.1 Å². The third-order valence-corrected chi connectivity index (χ3v) is 4.20. The number of nitrogens with one attached hydrogen (secondary N) is 1. The van der Waals surface area contributed by atoms with E-state index in [0.29, 0.717) is 12.3 Å². The summed E-state index contributed by atoms with van der Waals surface area (Å²) < 4.78 is 20.3. The van der Waals surface area contributed by atoms with Crippen molar-refractivity contribution < 1.29 is 9.13 Å². The van der Waals surface area contributed by atoms with Gasteiger partial charge in [0.1, 0.15) is 12.5 Å². The maximum atomic E-state index is 14.5. The van der Waals surface area contributed by atoms with E-state index in [1.807, 2.05) is 55.1 Å². The molecule has 1 N–H and O–H groups in total. The molecule has 24 heavy (non-hydrogen) atoms. The van der Waals surface area contributed by atoms with E-state index in [4.69, 9.17) is 4.74 Å². The topological polar surface area (TPSA) is 24.5 Å². The third kappa shape index (κ3) is 3.77. The fourth-order valence-corrected chi connectivity index (χ4v) is 2.81. The molecule has 1 aliphatic heterocycles. The number of benzene rings is 2. The molecule has 1 unspecified atom stereocenters. The van der Waals surface area contributed by atoms with Crippen LogP contribution in [0.5, 0.6) is 0 Å². The van der Waals surface area contributed by atoms with Crippen molar-refractivity contribution >= 4 is 5.69 Å². The van der Waals surface area contributed by atoms with Crippen molar-refractivity contribution in [2.24, 2.45) is 0 Å². The molecule has 1 saturated heterocycles. The van der Waals surface area contributed by atoms with Gasteiger partial charge in [0.2, 0.25) is 0 Å². The normalized spacial score (nSPS) is 17.1. The fraction of sp³-hybridized carbons (Fsp3) is 0.300. The predicted octanol–water partition coefficient (Wildman–Crippen LogP) is 4.09. The predicted molar refractivity (Wildman–Crippen MR) is 96.5 cm³/mol. The summed E-state index contributed by atoms with van der Waals surface area (Å²) in [6.45, 7) is 9.70. The van der Waals surface area contributed by atoms with Gasteiger partial charge in [0.05, 0.1) is 6.10 Å². The molecule has 0 bridgehead atoms. The number of halogens is 1. The summed E-state index contributed by atoms with van der Waals surface area (Å²) in [6.07, 6.45) is 0.0848. The third-order valence-electron chi connectivity index (χ3n) is 4.20. The maximum absolute atomic E-state index is 14.5. The van der Waals surface area contributed by atoms with Crippen LogP contribution in [0, 0.1) is 12.7 Å². The summed E-state index contributed by atoms with van der Waals surface area (Å²) in [5.74, 6) is -0.208. The summed E-state index contributed by atoms with van der Waals surface area (Å²) in [4.78, 5) is 2.05. The van der Waals surface area contributed by atoms with Gasteiger partial charge in [-0.15, -0.1) is 0 Å². The molecule has 0 aromatic heterocycles. The van der Waals surface area contributed by atoms with Crippen molar-refractivity contribution in [3.8, 4) is 11.1 Å². The largest absolute Gasteiger partial charge is 0.386 e. The van der Waals surface area contributed by atoms with E-state index in [9.17, 15) is 4.39 Å². The van der Waals surface area contributed by atoms with Crippen LogP contribution >= 0.6 is 0 Å². The molecule has 1 aliphatic rings. The molecule has 2 aromatic carbocycles. The highest BCUT2D eigenvalue weighted by atomic mass is 19.1. The second kappa shape index (κ2) is 7.05. The average Bonchev–Trinajstić information content (AvgIpc) is 3.03. The number of nitrogens with zero attached hydrogens (tertiary/aromatic N) is 1. The van der Waals surface area contributed by atoms with E-state index < -0.39 is 0 Å². The summed E-state index contributed by atoms with van der Waals surface area (Å²) in [5.41, 5.74) is 4.45. The molecule has 3 nitrogen and oxygen atoms in total. The van der Waals surface area contributed by atoms with Crippen LogP contribution in [-0.2, 0) is 4.74 Å². The highest BCUT2D eigenvalue weighted by Gasteiger charge is 2.23. The molecule has 1 heterocycles. The van der Waals surface area contributed by atoms with E-state index in [0.717, 1.165) is 30.0 Å². The molecule has 0 amide bonds. The smallest absolute Gasteiger partial charge is 0.133 e. The van der Waals surface area contributed by atoms with Gasteiger partial charge in [-0.3, -0.25) is 0 Å². The van der Waals surface area contributed by atoms with Crippen LogP contribution in [0.4, 0.5) is 10.1 Å². The summed E-state index contributed by atoms with van der Waals surface area (Å²) in [5, 5.41) is 3.19. The van der Waals surface area contributed by atoms with Crippen molar-refractivity contribution in [1.29, 1.82) is 0 Å². The van der Waals surface area contributed by atoms with Gasteiger partial charge >= 0.3 is 0 Å². The quantitative estimate of drug-likeness (QED) is 0.896. The zero-order chi connectivity index (χ0) is 17.1. The fourth-order valence-electron chi connectivity index (χ4n) is 2.81. The van der Waals surface area contributed by atoms with Gasteiger partial charge in [0.15, 0.2) is 0 Å². The standard InChI is InChI=1S/C20H23FN2O/c1-14(2)22-11-18-12-23(13-24-18)17-8-9-19(20(21)10-17)16-6-4-15(3)5-7-16/h4-10,18,22H,1,11-13H2,2-3H3. The molecule has 4 heteroatoms. The monoisotopic (exact) mass is 326 g/mol. The number of allylic oxidation sites excluding steroid dienone is 1. The molecular formula is C20H23FN2O. The number of aryl methyl sites for hydroxylation is 1. The number of hydrogen-bond acceptors (Lipinski definition) is 3. The second-order valence-electron chi connectivity index (χ2n) is 6.33. The molecule has 0 aliphatic carbocycles. The van der Waals surface area contributed by atoms with E-state index in [-0.39, 0.29) is 11.9 Å². The van der Waals surface area contributed by atoms with Crippen LogP contribution in [0.2, 0.25) is 0 Å². The highest BCUT2D eigenvalue weighted by Crippen LogP contribution is 2.28. The molecule has 1 atom stereocenters. The Morgan fingerprint density at radius 3 is 2.71 bits per heavy atom. The Morgan fingerprint density at radius 2 is 2.04 bits per heavy atom. The van der Waals surface area contributed by atoms with Crippen molar-refractivity contribution in [2.75, 3.05) is 24.7 Å². The number of rotatable bonds is 5. The van der Waals surface area contributed by atoms with E-state index in [2.05, 4.69) is 11.9 Å². The zero-order valence-corrected chi connectivity index (χ0v) is 14.2. The Morgan fingerprint density at radius 1 is 1.29 bits per heavy atom. The van der Waals surface area contributed by atoms with Gasteiger partial charge < -0.3 is 15.0 Å². The van der Waals surface area contributed by atoms with Crippen molar-refractivity contribution in [2.45, 2.75) is 20.0 Å². The summed E-state index contributed by atoms with van der Waals surface area (Å²) >= 11 is 0. The first-order chi connectivity index (χ1) is 11.5. The van der Waals surface area contributed by atoms with Crippen LogP contribution < -0.4 is 10.2 Å². The lowest BCUT2D eigenvalue weighted by Gasteiger charge is -2.17. The molecule has 2 aromatic rings. The number of hydrogen-bond donors (Lipinski definition) is 1. The lowest BCUT2D eigenvalue weighted by atomic mass is 10.0. The highest BCUT2D eigenvalue weighted by molar-refractivity contribution is 5.67. The van der Waals surface area contributed by atoms with Crippen molar-refractivity contribution in [3.05, 3.63) is 66.1 Å². The summed E-state index contributed by atoms with van der Waals surface area (Å²) in [7, 11) is 0. The number of anilines is 1. The van der Waals surface area contributed by atoms with Gasteiger partial charge in [-0.05, 0) is 37.6 Å². The van der Waals surface area contributed by atoms with Crippen LogP contribution in [0.1, 0.15) is 12.5 Å². The second-order valence-corrected chi connectivity index (χ2v) is 6.33. The van der Waals surface area contributed by atoms with E-state index in [1.165, 1.54) is 5.56 Å². The zero-order valence-electron chi connectivity index (χ0n) is 14.2. The average molecular weight is 326 g/mol. The Hall–Kier alpha value is -2.33. The Bertz CT molecular complexity index is 727. The number of ether oxygens (including phenoxy) is 1. The van der Waals surface area contributed by atoms with E-state index in [1.54, 1.807) is 6.07 Å². The first kappa shape index (κ1) is 16.5. The summed E-state index contributed by atoms with van der Waals surface area (Å²) in [6, 6.07) is 13.3. The first-order valence-electron chi connectivity index (χ1n) is 8.15. The molecule has 0 radical (unpaired) electrons.